The Balaban J connectivity index is 1.48. The van der Waals surface area contributed by atoms with Gasteiger partial charge in [0, 0.05) is 49.9 Å². The number of piperidine rings is 1. The van der Waals surface area contributed by atoms with Crippen molar-refractivity contribution in [1.82, 2.24) is 20.2 Å². The van der Waals surface area contributed by atoms with Crippen LogP contribution in [0.5, 0.6) is 0 Å². The molecule has 2 aromatic heterocycles. The highest BCUT2D eigenvalue weighted by atomic mass is 16.4. The van der Waals surface area contributed by atoms with Crippen LogP contribution in [0.2, 0.25) is 0 Å². The summed E-state index contributed by atoms with van der Waals surface area (Å²) in [5, 5.41) is 2.92. The van der Waals surface area contributed by atoms with E-state index < -0.39 is 0 Å². The molecule has 1 aliphatic rings. The van der Waals surface area contributed by atoms with Gasteiger partial charge in [-0.3, -0.25) is 14.6 Å². The average Bonchev–Trinajstić information content (AvgIpc) is 3.43. The maximum Gasteiger partial charge on any atom is 0.307 e. The molecule has 0 aliphatic carbocycles. The Hall–Kier alpha value is -3.94. The van der Waals surface area contributed by atoms with Crippen molar-refractivity contribution in [3.05, 3.63) is 78.3 Å². The standard InChI is InChI=1S/C30H37N5O3/c1-7-27(36)34(6)23-9-8-14-35(18-23)25-17-31-13-12-24(25)21-10-11-22(20(2)15-21)16-32-28(37)29-33-26(19-38-29)30(3,4)5/h7,10-13,15,17,19,23H,1,8-9,14,16,18H2,2-6H3,(H,32,37). The van der Waals surface area contributed by atoms with Gasteiger partial charge in [-0.25, -0.2) is 4.98 Å². The van der Waals surface area contributed by atoms with E-state index in [1.54, 1.807) is 17.4 Å². The molecule has 0 spiro atoms. The average molecular weight is 516 g/mol. The fourth-order valence-corrected chi connectivity index (χ4v) is 4.73. The summed E-state index contributed by atoms with van der Waals surface area (Å²) in [6, 6.07) is 8.41. The first-order valence-corrected chi connectivity index (χ1v) is 13.0. The number of carbonyl (C=O) groups excluding carboxylic acids is 2. The molecule has 0 radical (unpaired) electrons. The fraction of sp³-hybridized carbons (Fsp3) is 0.400. The number of hydrogen-bond donors (Lipinski definition) is 1. The normalized spacial score (nSPS) is 15.7. The first kappa shape index (κ1) is 27.1. The highest BCUT2D eigenvalue weighted by Crippen LogP contribution is 2.33. The summed E-state index contributed by atoms with van der Waals surface area (Å²) in [6.45, 7) is 13.8. The van der Waals surface area contributed by atoms with Gasteiger partial charge in [-0.05, 0) is 48.6 Å². The molecule has 4 rings (SSSR count). The van der Waals surface area contributed by atoms with E-state index in [1.165, 1.54) is 6.08 Å². The highest BCUT2D eigenvalue weighted by molar-refractivity contribution is 5.89. The molecule has 8 nitrogen and oxygen atoms in total. The van der Waals surface area contributed by atoms with E-state index in [2.05, 4.69) is 38.9 Å². The molecule has 2 amide bonds. The number of anilines is 1. The molecule has 0 saturated carbocycles. The summed E-state index contributed by atoms with van der Waals surface area (Å²) in [5.41, 5.74) is 5.87. The summed E-state index contributed by atoms with van der Waals surface area (Å²) < 4.78 is 5.40. The molecule has 3 heterocycles. The lowest BCUT2D eigenvalue weighted by Gasteiger charge is -2.39. The number of aromatic nitrogens is 2. The quantitative estimate of drug-likeness (QED) is 0.451. The third kappa shape index (κ3) is 5.96. The lowest BCUT2D eigenvalue weighted by atomic mass is 9.93. The van der Waals surface area contributed by atoms with Crippen LogP contribution in [0.25, 0.3) is 11.1 Å². The van der Waals surface area contributed by atoms with Crippen LogP contribution in [0.3, 0.4) is 0 Å². The maximum absolute atomic E-state index is 12.6. The van der Waals surface area contributed by atoms with Gasteiger partial charge in [0.05, 0.1) is 17.6 Å². The lowest BCUT2D eigenvalue weighted by molar-refractivity contribution is -0.126. The molecule has 1 aliphatic heterocycles. The smallest absolute Gasteiger partial charge is 0.307 e. The topological polar surface area (TPSA) is 91.6 Å². The van der Waals surface area contributed by atoms with Gasteiger partial charge < -0.3 is 19.5 Å². The molecule has 1 N–H and O–H groups in total. The van der Waals surface area contributed by atoms with Crippen LogP contribution in [0.15, 0.2) is 60.0 Å². The number of nitrogens with one attached hydrogen (secondary N) is 1. The minimum atomic E-state index is -0.333. The zero-order valence-electron chi connectivity index (χ0n) is 23.0. The van der Waals surface area contributed by atoms with E-state index in [0.29, 0.717) is 6.54 Å². The van der Waals surface area contributed by atoms with Crippen LogP contribution in [-0.4, -0.2) is 52.9 Å². The van der Waals surface area contributed by atoms with Gasteiger partial charge in [0.1, 0.15) is 6.26 Å². The molecule has 1 saturated heterocycles. The second-order valence-corrected chi connectivity index (χ2v) is 10.9. The molecule has 3 aromatic rings. The van der Waals surface area contributed by atoms with Gasteiger partial charge in [-0.1, -0.05) is 45.5 Å². The predicted octanol–water partition coefficient (Wildman–Crippen LogP) is 4.89. The van der Waals surface area contributed by atoms with Crippen molar-refractivity contribution in [1.29, 1.82) is 0 Å². The van der Waals surface area contributed by atoms with Gasteiger partial charge in [-0.2, -0.15) is 0 Å². The van der Waals surface area contributed by atoms with Crippen LogP contribution in [-0.2, 0) is 16.8 Å². The number of rotatable bonds is 7. The van der Waals surface area contributed by atoms with E-state index in [4.69, 9.17) is 4.42 Å². The summed E-state index contributed by atoms with van der Waals surface area (Å²) in [7, 11) is 1.84. The van der Waals surface area contributed by atoms with Gasteiger partial charge in [0.2, 0.25) is 5.91 Å². The van der Waals surface area contributed by atoms with E-state index >= 15 is 0 Å². The van der Waals surface area contributed by atoms with Crippen molar-refractivity contribution in [2.24, 2.45) is 0 Å². The Morgan fingerprint density at radius 3 is 2.76 bits per heavy atom. The molecule has 1 fully saturated rings. The first-order valence-electron chi connectivity index (χ1n) is 13.0. The van der Waals surface area contributed by atoms with Crippen molar-refractivity contribution in [2.45, 2.75) is 58.5 Å². The van der Waals surface area contributed by atoms with Crippen molar-refractivity contribution in [3.8, 4) is 11.1 Å². The van der Waals surface area contributed by atoms with Gasteiger partial charge in [0.15, 0.2) is 0 Å². The molecular formula is C30H37N5O3. The summed E-state index contributed by atoms with van der Waals surface area (Å²) in [6.07, 6.45) is 8.58. The molecule has 0 bridgehead atoms. The number of oxazole rings is 1. The van der Waals surface area contributed by atoms with E-state index in [0.717, 1.165) is 59.6 Å². The zero-order valence-corrected chi connectivity index (χ0v) is 23.0. The Morgan fingerprint density at radius 1 is 1.29 bits per heavy atom. The number of benzene rings is 1. The summed E-state index contributed by atoms with van der Waals surface area (Å²) in [5.74, 6) is -0.315. The lowest BCUT2D eigenvalue weighted by Crippen LogP contribution is -2.48. The number of pyridine rings is 1. The molecule has 38 heavy (non-hydrogen) atoms. The molecule has 1 aromatic carbocycles. The van der Waals surface area contributed by atoms with Crippen molar-refractivity contribution in [2.75, 3.05) is 25.0 Å². The highest BCUT2D eigenvalue weighted by Gasteiger charge is 2.27. The largest absolute Gasteiger partial charge is 0.441 e. The number of amides is 2. The Bertz CT molecular complexity index is 1320. The monoisotopic (exact) mass is 515 g/mol. The van der Waals surface area contributed by atoms with Crippen molar-refractivity contribution < 1.29 is 14.0 Å². The van der Waals surface area contributed by atoms with Crippen LogP contribution in [0, 0.1) is 6.92 Å². The molecule has 8 heteroatoms. The van der Waals surface area contributed by atoms with E-state index in [1.807, 2.05) is 53.1 Å². The summed E-state index contributed by atoms with van der Waals surface area (Å²) >= 11 is 0. The second kappa shape index (κ2) is 11.2. The van der Waals surface area contributed by atoms with Crippen LogP contribution < -0.4 is 10.2 Å². The second-order valence-electron chi connectivity index (χ2n) is 10.9. The first-order chi connectivity index (χ1) is 18.1. The SMILES string of the molecule is C=CC(=O)N(C)C1CCCN(c2cnccc2-c2ccc(CNC(=O)c3nc(C(C)(C)C)co3)c(C)c2)C1. The Labute approximate surface area is 224 Å². The molecular weight excluding hydrogens is 478 g/mol. The number of aryl methyl sites for hydroxylation is 1. The van der Waals surface area contributed by atoms with E-state index in [9.17, 15) is 9.59 Å². The third-order valence-electron chi connectivity index (χ3n) is 7.17. The Kier molecular flexibility index (Phi) is 7.99. The van der Waals surface area contributed by atoms with Crippen molar-refractivity contribution in [3.63, 3.8) is 0 Å². The van der Waals surface area contributed by atoms with Crippen LogP contribution in [0.1, 0.15) is 61.1 Å². The zero-order chi connectivity index (χ0) is 27.4. The minimum absolute atomic E-state index is 0.0564. The Morgan fingerprint density at radius 2 is 2.08 bits per heavy atom. The maximum atomic E-state index is 12.6. The van der Waals surface area contributed by atoms with Gasteiger partial charge in [0.25, 0.3) is 5.89 Å². The predicted molar refractivity (Wildman–Crippen MR) is 149 cm³/mol. The van der Waals surface area contributed by atoms with Gasteiger partial charge in [-0.15, -0.1) is 0 Å². The number of hydrogen-bond acceptors (Lipinski definition) is 6. The molecule has 1 unspecified atom stereocenters. The number of carbonyl (C=O) groups is 2. The third-order valence-corrected chi connectivity index (χ3v) is 7.17. The van der Waals surface area contributed by atoms with Crippen LogP contribution >= 0.6 is 0 Å². The van der Waals surface area contributed by atoms with Crippen molar-refractivity contribution >= 4 is 17.5 Å². The number of nitrogens with zero attached hydrogens (tertiary/aromatic N) is 4. The van der Waals surface area contributed by atoms with Crippen LogP contribution in [0.4, 0.5) is 5.69 Å². The summed E-state index contributed by atoms with van der Waals surface area (Å²) in [4.78, 5) is 37.6. The molecule has 200 valence electrons. The fourth-order valence-electron chi connectivity index (χ4n) is 4.73. The molecule has 1 atom stereocenters. The number of likely N-dealkylation sites (N-methyl/N-ethyl adjacent to an activating group) is 1. The minimum Gasteiger partial charge on any atom is -0.441 e. The van der Waals surface area contributed by atoms with E-state index in [-0.39, 0.29) is 29.2 Å². The van der Waals surface area contributed by atoms with Gasteiger partial charge >= 0.3 is 5.91 Å².